The van der Waals surface area contributed by atoms with Gasteiger partial charge in [-0.1, -0.05) is 30.3 Å². The van der Waals surface area contributed by atoms with E-state index in [2.05, 4.69) is 17.1 Å². The van der Waals surface area contributed by atoms with Crippen molar-refractivity contribution in [1.29, 1.82) is 0 Å². The van der Waals surface area contributed by atoms with E-state index >= 15 is 0 Å². The lowest BCUT2D eigenvalue weighted by atomic mass is 10.1. The Morgan fingerprint density at radius 3 is 2.65 bits per heavy atom. The summed E-state index contributed by atoms with van der Waals surface area (Å²) in [4.78, 5) is 18.8. The molecule has 1 aromatic heterocycles. The molecule has 0 saturated carbocycles. The minimum Gasteiger partial charge on any atom is -0.337 e. The molecule has 2 heterocycles. The van der Waals surface area contributed by atoms with E-state index in [1.165, 1.54) is 12.0 Å². The minimum atomic E-state index is 0.0975. The Hall–Kier alpha value is -1.68. The maximum absolute atomic E-state index is 12.3. The molecule has 0 bridgehead atoms. The molecule has 0 unspecified atom stereocenters. The number of aromatic nitrogens is 1. The highest BCUT2D eigenvalue weighted by Crippen LogP contribution is 2.18. The third kappa shape index (κ3) is 3.07. The maximum atomic E-state index is 12.3. The molecule has 0 spiro atoms. The molecule has 0 N–H and O–H groups in total. The number of thiazole rings is 1. The van der Waals surface area contributed by atoms with E-state index in [4.69, 9.17) is 0 Å². The highest BCUT2D eigenvalue weighted by molar-refractivity contribution is 7.09. The first-order valence-electron chi connectivity index (χ1n) is 7.10. The minimum absolute atomic E-state index is 0.0975. The van der Waals surface area contributed by atoms with Crippen LogP contribution in [-0.4, -0.2) is 28.9 Å². The number of benzene rings is 1. The molecule has 3 rings (SSSR count). The fourth-order valence-electron chi connectivity index (χ4n) is 2.52. The first-order valence-corrected chi connectivity index (χ1v) is 7.98. The van der Waals surface area contributed by atoms with Crippen molar-refractivity contribution in [2.24, 2.45) is 0 Å². The van der Waals surface area contributed by atoms with Gasteiger partial charge in [0.1, 0.15) is 5.69 Å². The summed E-state index contributed by atoms with van der Waals surface area (Å²) in [5.74, 6) is 0.0975. The number of carbonyl (C=O) groups is 1. The molecule has 1 fully saturated rings. The van der Waals surface area contributed by atoms with Gasteiger partial charge in [0, 0.05) is 24.9 Å². The van der Waals surface area contributed by atoms with E-state index in [1.54, 1.807) is 11.3 Å². The van der Waals surface area contributed by atoms with Gasteiger partial charge in [0.25, 0.3) is 5.91 Å². The molecular weight excluding hydrogens is 268 g/mol. The van der Waals surface area contributed by atoms with Crippen molar-refractivity contribution in [1.82, 2.24) is 9.88 Å². The zero-order valence-corrected chi connectivity index (χ0v) is 12.2. The van der Waals surface area contributed by atoms with Gasteiger partial charge < -0.3 is 4.90 Å². The van der Waals surface area contributed by atoms with Gasteiger partial charge in [0.05, 0.1) is 5.01 Å². The van der Waals surface area contributed by atoms with E-state index in [0.717, 1.165) is 37.4 Å². The van der Waals surface area contributed by atoms with E-state index in [0.29, 0.717) is 5.69 Å². The van der Waals surface area contributed by atoms with Gasteiger partial charge in [-0.3, -0.25) is 4.79 Å². The molecule has 1 aliphatic rings. The Balaban J connectivity index is 1.68. The molecule has 1 amide bonds. The normalized spacial score (nSPS) is 15.3. The molecule has 3 nitrogen and oxygen atoms in total. The van der Waals surface area contributed by atoms with Crippen LogP contribution >= 0.6 is 11.3 Å². The maximum Gasteiger partial charge on any atom is 0.273 e. The molecule has 2 aromatic rings. The molecule has 0 atom stereocenters. The lowest BCUT2D eigenvalue weighted by Gasteiger charge is -2.25. The van der Waals surface area contributed by atoms with Crippen LogP contribution in [0.5, 0.6) is 0 Å². The second-order valence-electron chi connectivity index (χ2n) is 5.14. The molecule has 0 radical (unpaired) electrons. The number of piperidine rings is 1. The Morgan fingerprint density at radius 1 is 1.15 bits per heavy atom. The van der Waals surface area contributed by atoms with Crippen LogP contribution in [0, 0.1) is 0 Å². The first kappa shape index (κ1) is 13.3. The summed E-state index contributed by atoms with van der Waals surface area (Å²) >= 11 is 1.58. The van der Waals surface area contributed by atoms with Crippen molar-refractivity contribution in [2.75, 3.05) is 13.1 Å². The highest BCUT2D eigenvalue weighted by atomic mass is 32.1. The fraction of sp³-hybridized carbons (Fsp3) is 0.375. The quantitative estimate of drug-likeness (QED) is 0.867. The summed E-state index contributed by atoms with van der Waals surface area (Å²) < 4.78 is 0. The lowest BCUT2D eigenvalue weighted by Crippen LogP contribution is -2.35. The largest absolute Gasteiger partial charge is 0.337 e. The Kier molecular flexibility index (Phi) is 4.11. The van der Waals surface area contributed by atoms with E-state index < -0.39 is 0 Å². The topological polar surface area (TPSA) is 33.2 Å². The molecular formula is C16H18N2OS. The molecule has 1 saturated heterocycles. The standard InChI is InChI=1S/C16H18N2OS/c19-16(18-9-5-2-6-10-18)14-12-20-15(17-14)11-13-7-3-1-4-8-13/h1,3-4,7-8,12H,2,5-6,9-11H2. The molecule has 20 heavy (non-hydrogen) atoms. The molecule has 1 aromatic carbocycles. The van der Waals surface area contributed by atoms with Gasteiger partial charge in [0.2, 0.25) is 0 Å². The average molecular weight is 286 g/mol. The monoisotopic (exact) mass is 286 g/mol. The van der Waals surface area contributed by atoms with E-state index in [9.17, 15) is 4.79 Å². The third-order valence-electron chi connectivity index (χ3n) is 3.61. The number of hydrogen-bond donors (Lipinski definition) is 0. The summed E-state index contributed by atoms with van der Waals surface area (Å²) in [5.41, 5.74) is 1.85. The summed E-state index contributed by atoms with van der Waals surface area (Å²) in [7, 11) is 0. The summed E-state index contributed by atoms with van der Waals surface area (Å²) in [6, 6.07) is 10.3. The van der Waals surface area contributed by atoms with Crippen molar-refractivity contribution in [3.8, 4) is 0 Å². The number of likely N-dealkylation sites (tertiary alicyclic amines) is 1. The first-order chi connectivity index (χ1) is 9.83. The lowest BCUT2D eigenvalue weighted by molar-refractivity contribution is 0.0719. The van der Waals surface area contributed by atoms with Crippen LogP contribution in [0.1, 0.15) is 40.3 Å². The van der Waals surface area contributed by atoms with E-state index in [1.807, 2.05) is 28.5 Å². The predicted molar refractivity (Wildman–Crippen MR) is 81.1 cm³/mol. The second-order valence-corrected chi connectivity index (χ2v) is 6.08. The van der Waals surface area contributed by atoms with Crippen molar-refractivity contribution >= 4 is 17.2 Å². The van der Waals surface area contributed by atoms with E-state index in [-0.39, 0.29) is 5.91 Å². The number of nitrogens with zero attached hydrogens (tertiary/aromatic N) is 2. The predicted octanol–water partition coefficient (Wildman–Crippen LogP) is 3.36. The summed E-state index contributed by atoms with van der Waals surface area (Å²) in [5, 5.41) is 2.91. The van der Waals surface area contributed by atoms with Crippen molar-refractivity contribution in [3.63, 3.8) is 0 Å². The zero-order chi connectivity index (χ0) is 13.8. The van der Waals surface area contributed by atoms with Gasteiger partial charge in [-0.25, -0.2) is 4.98 Å². The van der Waals surface area contributed by atoms with Gasteiger partial charge >= 0.3 is 0 Å². The van der Waals surface area contributed by atoms with Crippen molar-refractivity contribution in [3.05, 3.63) is 52.0 Å². The third-order valence-corrected chi connectivity index (χ3v) is 4.46. The SMILES string of the molecule is O=C(c1csc(Cc2ccccc2)n1)N1CCCCC1. The van der Waals surface area contributed by atoms with Crippen LogP contribution in [0.4, 0.5) is 0 Å². The fourth-order valence-corrected chi connectivity index (χ4v) is 3.32. The van der Waals surface area contributed by atoms with Crippen LogP contribution in [-0.2, 0) is 6.42 Å². The number of carbonyl (C=O) groups excluding carboxylic acids is 1. The molecule has 4 heteroatoms. The smallest absolute Gasteiger partial charge is 0.273 e. The van der Waals surface area contributed by atoms with Crippen LogP contribution in [0.25, 0.3) is 0 Å². The Morgan fingerprint density at radius 2 is 1.90 bits per heavy atom. The molecule has 1 aliphatic heterocycles. The second kappa shape index (κ2) is 6.18. The molecule has 104 valence electrons. The zero-order valence-electron chi connectivity index (χ0n) is 11.4. The summed E-state index contributed by atoms with van der Waals surface area (Å²) in [6.07, 6.45) is 4.28. The Labute approximate surface area is 123 Å². The molecule has 0 aliphatic carbocycles. The summed E-state index contributed by atoms with van der Waals surface area (Å²) in [6.45, 7) is 1.76. The highest BCUT2D eigenvalue weighted by Gasteiger charge is 2.20. The number of hydrogen-bond acceptors (Lipinski definition) is 3. The van der Waals surface area contributed by atoms with Gasteiger partial charge in [-0.05, 0) is 24.8 Å². The number of rotatable bonds is 3. The van der Waals surface area contributed by atoms with Crippen LogP contribution in [0.15, 0.2) is 35.7 Å². The van der Waals surface area contributed by atoms with Gasteiger partial charge in [0.15, 0.2) is 0 Å². The van der Waals surface area contributed by atoms with Gasteiger partial charge in [-0.2, -0.15) is 0 Å². The van der Waals surface area contributed by atoms with Crippen LogP contribution in [0.2, 0.25) is 0 Å². The van der Waals surface area contributed by atoms with Crippen LogP contribution < -0.4 is 0 Å². The number of amides is 1. The average Bonchev–Trinajstić information content (AvgIpc) is 2.97. The van der Waals surface area contributed by atoms with Crippen LogP contribution in [0.3, 0.4) is 0 Å². The van der Waals surface area contributed by atoms with Crippen molar-refractivity contribution < 1.29 is 4.79 Å². The van der Waals surface area contributed by atoms with Gasteiger partial charge in [-0.15, -0.1) is 11.3 Å². The van der Waals surface area contributed by atoms with Crippen molar-refractivity contribution in [2.45, 2.75) is 25.7 Å². The Bertz CT molecular complexity index is 573.